The molecule has 2 heterocycles. The molecule has 0 spiro atoms. The predicted molar refractivity (Wildman–Crippen MR) is 56.4 cm³/mol. The molecule has 68 valence electrons. The van der Waals surface area contributed by atoms with Crippen molar-refractivity contribution in [2.75, 3.05) is 5.01 Å². The number of nitrogens with zero attached hydrogens (tertiary/aromatic N) is 2. The van der Waals surface area contributed by atoms with Crippen LogP contribution in [0.15, 0.2) is 28.9 Å². The largest absolute Gasteiger partial charge is 0.255 e. The van der Waals surface area contributed by atoms with Gasteiger partial charge in [0.15, 0.2) is 0 Å². The van der Waals surface area contributed by atoms with E-state index in [0.29, 0.717) is 9.39 Å². The summed E-state index contributed by atoms with van der Waals surface area (Å²) in [5, 5.41) is 2.35. The van der Waals surface area contributed by atoms with E-state index in [1.165, 1.54) is 11.9 Å². The van der Waals surface area contributed by atoms with Crippen LogP contribution in [0, 0.1) is 0 Å². The van der Waals surface area contributed by atoms with Gasteiger partial charge in [0.25, 0.3) is 0 Å². The number of aromatic nitrogens is 1. The minimum Gasteiger partial charge on any atom is -0.255 e. The van der Waals surface area contributed by atoms with Gasteiger partial charge in [-0.3, -0.25) is 5.01 Å². The molecule has 0 unspecified atom stereocenters. The first-order valence-corrected chi connectivity index (χ1v) is 5.03. The Morgan fingerprint density at radius 1 is 1.46 bits per heavy atom. The monoisotopic (exact) mass is 233 g/mol. The molecule has 0 atom stereocenters. The van der Waals surface area contributed by atoms with Gasteiger partial charge in [0.05, 0.1) is 6.20 Å². The third-order valence-corrected chi connectivity index (χ3v) is 2.58. The minimum atomic E-state index is 0.647. The van der Waals surface area contributed by atoms with Gasteiger partial charge in [-0.1, -0.05) is 23.2 Å². The molecular weight excluding hydrogens is 229 g/mol. The molecule has 1 N–H and O–H groups in total. The molecule has 6 heteroatoms. The number of hydrogen-bond donors (Lipinski definition) is 1. The summed E-state index contributed by atoms with van der Waals surface area (Å²) in [6, 6.07) is 3.47. The molecule has 1 aromatic heterocycles. The fourth-order valence-electron chi connectivity index (χ4n) is 0.885. The Labute approximate surface area is 89.8 Å². The molecule has 0 amide bonds. The second kappa shape index (κ2) is 3.75. The molecule has 13 heavy (non-hydrogen) atoms. The van der Waals surface area contributed by atoms with E-state index < -0.39 is 0 Å². The van der Waals surface area contributed by atoms with Crippen molar-refractivity contribution >= 4 is 41.0 Å². The summed E-state index contributed by atoms with van der Waals surface area (Å²) < 4.78 is 0.668. The van der Waals surface area contributed by atoms with Crippen molar-refractivity contribution in [1.82, 2.24) is 9.82 Å². The quantitative estimate of drug-likeness (QED) is 0.756. The van der Waals surface area contributed by atoms with Crippen LogP contribution in [0.4, 0.5) is 5.82 Å². The van der Waals surface area contributed by atoms with Gasteiger partial charge < -0.3 is 0 Å². The van der Waals surface area contributed by atoms with Crippen molar-refractivity contribution in [3.8, 4) is 0 Å². The molecule has 0 aliphatic carbocycles. The zero-order valence-corrected chi connectivity index (χ0v) is 8.70. The van der Waals surface area contributed by atoms with Crippen molar-refractivity contribution in [3.63, 3.8) is 0 Å². The summed E-state index contributed by atoms with van der Waals surface area (Å²) in [6.07, 6.45) is 3.38. The highest BCUT2D eigenvalue weighted by Gasteiger charge is 2.13. The highest BCUT2D eigenvalue weighted by molar-refractivity contribution is 8.03. The molecule has 0 aromatic carbocycles. The third-order valence-electron chi connectivity index (χ3n) is 1.43. The highest BCUT2D eigenvalue weighted by Crippen LogP contribution is 2.27. The number of nitrogens with one attached hydrogen (secondary N) is 1. The van der Waals surface area contributed by atoms with Crippen molar-refractivity contribution in [2.45, 2.75) is 0 Å². The number of halogens is 2. The second-order valence-electron chi connectivity index (χ2n) is 2.33. The first-order chi connectivity index (χ1) is 6.25. The molecule has 1 aliphatic rings. The lowest BCUT2D eigenvalue weighted by molar-refractivity contribution is 0.970. The first-order valence-electron chi connectivity index (χ1n) is 3.46. The topological polar surface area (TPSA) is 28.2 Å². The Balaban J connectivity index is 2.26. The van der Waals surface area contributed by atoms with Crippen LogP contribution in [0.5, 0.6) is 0 Å². The molecule has 0 radical (unpaired) electrons. The lowest BCUT2D eigenvalue weighted by Crippen LogP contribution is -2.23. The Morgan fingerprint density at radius 3 is 2.92 bits per heavy atom. The summed E-state index contributed by atoms with van der Waals surface area (Å²) in [4.78, 5) is 7.07. The highest BCUT2D eigenvalue weighted by atomic mass is 35.5. The van der Waals surface area contributed by atoms with Crippen LogP contribution in [-0.4, -0.2) is 4.98 Å². The maximum Gasteiger partial charge on any atom is 0.149 e. The number of anilines is 1. The van der Waals surface area contributed by atoms with Gasteiger partial charge in [0.2, 0.25) is 0 Å². The zero-order valence-electron chi connectivity index (χ0n) is 6.37. The van der Waals surface area contributed by atoms with E-state index in [4.69, 9.17) is 23.2 Å². The zero-order chi connectivity index (χ0) is 9.26. The van der Waals surface area contributed by atoms with Gasteiger partial charge in [-0.25, -0.2) is 4.98 Å². The summed E-state index contributed by atoms with van der Waals surface area (Å²) in [5.74, 6) is 0.718. The lowest BCUT2D eigenvalue weighted by Gasteiger charge is -2.12. The number of rotatable bonds is 1. The van der Waals surface area contributed by atoms with Gasteiger partial charge in [0, 0.05) is 17.3 Å². The third kappa shape index (κ3) is 2.08. The first kappa shape index (κ1) is 9.15. The van der Waals surface area contributed by atoms with Gasteiger partial charge >= 0.3 is 0 Å². The molecule has 2 rings (SSSR count). The van der Waals surface area contributed by atoms with Crippen LogP contribution >= 0.6 is 35.1 Å². The van der Waals surface area contributed by atoms with E-state index in [1.807, 2.05) is 0 Å². The number of hydrogen-bond acceptors (Lipinski definition) is 4. The Bertz CT molecular complexity index is 355. The molecular formula is C7H5Cl2N3S. The molecule has 3 nitrogen and oxygen atoms in total. The van der Waals surface area contributed by atoms with Gasteiger partial charge in [-0.05, 0) is 18.0 Å². The molecule has 1 aromatic rings. The smallest absolute Gasteiger partial charge is 0.149 e. The van der Waals surface area contributed by atoms with Crippen LogP contribution in [0.2, 0.25) is 5.02 Å². The van der Waals surface area contributed by atoms with Gasteiger partial charge in [0.1, 0.15) is 10.2 Å². The Hall–Kier alpha value is -0.420. The number of hydrazine groups is 1. The van der Waals surface area contributed by atoms with Crippen LogP contribution in [-0.2, 0) is 0 Å². The van der Waals surface area contributed by atoms with Crippen molar-refractivity contribution in [3.05, 3.63) is 33.9 Å². The van der Waals surface area contributed by atoms with Gasteiger partial charge in [-0.2, -0.15) is 4.83 Å². The predicted octanol–water partition coefficient (Wildman–Crippen LogP) is 2.75. The Kier molecular flexibility index (Phi) is 2.64. The van der Waals surface area contributed by atoms with Crippen molar-refractivity contribution in [1.29, 1.82) is 0 Å². The van der Waals surface area contributed by atoms with Crippen LogP contribution in [0.1, 0.15) is 0 Å². The van der Waals surface area contributed by atoms with Crippen molar-refractivity contribution in [2.24, 2.45) is 0 Å². The van der Waals surface area contributed by atoms with Crippen molar-refractivity contribution < 1.29 is 0 Å². The Morgan fingerprint density at radius 2 is 2.31 bits per heavy atom. The van der Waals surface area contributed by atoms with E-state index in [2.05, 4.69) is 9.82 Å². The fourth-order valence-corrected chi connectivity index (χ4v) is 1.73. The second-order valence-corrected chi connectivity index (χ2v) is 4.22. The number of pyridine rings is 1. The molecule has 0 fully saturated rings. The van der Waals surface area contributed by atoms with E-state index >= 15 is 0 Å². The SMILES string of the molecule is ClC1=CN(c2cc(Cl)ccn2)NS1. The minimum absolute atomic E-state index is 0.647. The van der Waals surface area contributed by atoms with Crippen LogP contribution in [0.3, 0.4) is 0 Å². The molecule has 1 aliphatic heterocycles. The molecule has 0 saturated carbocycles. The molecule has 0 bridgehead atoms. The summed E-state index contributed by atoms with van der Waals surface area (Å²) in [7, 11) is 0. The van der Waals surface area contributed by atoms with E-state index in [9.17, 15) is 0 Å². The average Bonchev–Trinajstić information content (AvgIpc) is 2.52. The van der Waals surface area contributed by atoms with Crippen LogP contribution in [0.25, 0.3) is 0 Å². The summed E-state index contributed by atoms with van der Waals surface area (Å²) >= 11 is 12.9. The average molecular weight is 234 g/mol. The van der Waals surface area contributed by atoms with Crippen LogP contribution < -0.4 is 9.84 Å². The summed E-state index contributed by atoms with van der Waals surface area (Å²) in [6.45, 7) is 0. The summed E-state index contributed by atoms with van der Waals surface area (Å²) in [5.41, 5.74) is 0. The molecule has 0 saturated heterocycles. The van der Waals surface area contributed by atoms with E-state index in [1.54, 1.807) is 29.5 Å². The standard InChI is InChI=1S/C7H5Cl2N3S/c8-5-1-2-10-7(3-5)12-4-6(9)13-11-12/h1-4,11H. The maximum absolute atomic E-state index is 5.80. The van der Waals surface area contributed by atoms with Gasteiger partial charge in [-0.15, -0.1) is 0 Å². The fraction of sp³-hybridized carbons (Fsp3) is 0. The lowest BCUT2D eigenvalue weighted by atomic mass is 10.4. The van der Waals surface area contributed by atoms with E-state index in [0.717, 1.165) is 5.82 Å². The normalized spacial score (nSPS) is 16.2. The maximum atomic E-state index is 5.80. The van der Waals surface area contributed by atoms with E-state index in [-0.39, 0.29) is 0 Å².